The second-order valence-electron chi connectivity index (χ2n) is 5.73. The van der Waals surface area contributed by atoms with Crippen LogP contribution in [0, 0.1) is 0 Å². The summed E-state index contributed by atoms with van der Waals surface area (Å²) in [4.78, 5) is 22.4. The number of ether oxygens (including phenoxy) is 1. The number of hydrogen-bond acceptors (Lipinski definition) is 4. The molecule has 0 aliphatic heterocycles. The molecule has 0 aromatic heterocycles. The van der Waals surface area contributed by atoms with Gasteiger partial charge < -0.3 is 22.3 Å². The predicted octanol–water partition coefficient (Wildman–Crippen LogP) is -0.750. The molecule has 122 valence electrons. The number of phenols is 1. The number of carbonyl (C=O) groups excluding carboxylic acids is 2. The normalized spacial score (nSPS) is 12.0. The van der Waals surface area contributed by atoms with Crippen molar-refractivity contribution in [2.75, 3.05) is 14.1 Å². The fourth-order valence-electron chi connectivity index (χ4n) is 1.79. The van der Waals surface area contributed by atoms with E-state index in [9.17, 15) is 14.7 Å². The first-order valence-electron chi connectivity index (χ1n) is 6.63. The summed E-state index contributed by atoms with van der Waals surface area (Å²) in [6, 6.07) is 4.87. The zero-order valence-corrected chi connectivity index (χ0v) is 14.1. The van der Waals surface area contributed by atoms with Gasteiger partial charge in [-0.2, -0.15) is 0 Å². The van der Waals surface area contributed by atoms with Crippen molar-refractivity contribution in [3.8, 4) is 5.75 Å². The van der Waals surface area contributed by atoms with Crippen molar-refractivity contribution < 1.29 is 36.3 Å². The maximum Gasteiger partial charge on any atom is 0.337 e. The molecular weight excluding hydrogens is 306 g/mol. The van der Waals surface area contributed by atoms with Crippen LogP contribution in [0.1, 0.15) is 29.8 Å². The van der Waals surface area contributed by atoms with Crippen molar-refractivity contribution in [3.05, 3.63) is 41.5 Å². The van der Waals surface area contributed by atoms with Crippen molar-refractivity contribution in [2.45, 2.75) is 26.6 Å². The van der Waals surface area contributed by atoms with Crippen molar-refractivity contribution in [2.24, 2.45) is 0 Å². The third-order valence-corrected chi connectivity index (χ3v) is 3.42. The maximum atomic E-state index is 11.6. The summed E-state index contributed by atoms with van der Waals surface area (Å²) in [5.41, 5.74) is 1.48. The molecule has 0 aliphatic rings. The summed E-state index contributed by atoms with van der Waals surface area (Å²) in [7, 11) is 3.84. The summed E-state index contributed by atoms with van der Waals surface area (Å²) < 4.78 is 5.73. The Bertz CT molecular complexity index is 569. The quantitative estimate of drug-likeness (QED) is 0.245. The third kappa shape index (κ3) is 5.16. The number of phenolic OH excluding ortho intramolecular Hbond substituents is 1. The molecule has 0 radical (unpaired) electrons. The van der Waals surface area contributed by atoms with E-state index in [1.165, 1.54) is 6.07 Å². The highest BCUT2D eigenvalue weighted by molar-refractivity contribution is 5.87. The lowest BCUT2D eigenvalue weighted by atomic mass is 10.1. The fourth-order valence-corrected chi connectivity index (χ4v) is 1.79. The summed E-state index contributed by atoms with van der Waals surface area (Å²) in [5, 5.41) is 9.51. The number of hydrogen-bond donors (Lipinski definition) is 1. The molecule has 1 N–H and O–H groups in total. The second-order valence-corrected chi connectivity index (χ2v) is 5.73. The van der Waals surface area contributed by atoms with E-state index >= 15 is 0 Å². The van der Waals surface area contributed by atoms with Crippen LogP contribution < -0.4 is 12.4 Å². The Labute approximate surface area is 137 Å². The van der Waals surface area contributed by atoms with Crippen LogP contribution >= 0.6 is 0 Å². The minimum atomic E-state index is -0.423. The smallest absolute Gasteiger partial charge is 0.337 e. The molecule has 1 aromatic rings. The van der Waals surface area contributed by atoms with E-state index in [1.807, 2.05) is 21.0 Å². The van der Waals surface area contributed by atoms with Gasteiger partial charge in [-0.25, -0.2) is 4.79 Å². The lowest BCUT2D eigenvalue weighted by molar-refractivity contribution is -0.945. The van der Waals surface area contributed by atoms with Crippen LogP contribution in [0.2, 0.25) is 0 Å². The van der Waals surface area contributed by atoms with Gasteiger partial charge in [-0.15, -0.1) is 0 Å². The number of quaternary nitrogens is 1. The van der Waals surface area contributed by atoms with Gasteiger partial charge in [0.15, 0.2) is 6.29 Å². The number of benzene rings is 1. The van der Waals surface area contributed by atoms with Gasteiger partial charge >= 0.3 is 5.97 Å². The summed E-state index contributed by atoms with van der Waals surface area (Å²) in [6.45, 7) is 7.52. The topological polar surface area (TPSA) is 63.6 Å². The number of aromatic hydroxyl groups is 1. The Hall–Kier alpha value is -1.85. The number of halogens is 1. The van der Waals surface area contributed by atoms with Crippen molar-refractivity contribution >= 4 is 12.3 Å². The molecule has 1 aromatic carbocycles. The molecular formula is C16H22ClNO4. The maximum absolute atomic E-state index is 11.6. The Morgan fingerprint density at radius 2 is 2.05 bits per heavy atom. The van der Waals surface area contributed by atoms with Crippen LogP contribution in [0.25, 0.3) is 0 Å². The zero-order valence-electron chi connectivity index (χ0n) is 13.3. The number of carbonyl (C=O) groups is 2. The number of rotatable bonds is 6. The van der Waals surface area contributed by atoms with Crippen LogP contribution in [0.3, 0.4) is 0 Å². The first-order valence-corrected chi connectivity index (χ1v) is 6.63. The summed E-state index contributed by atoms with van der Waals surface area (Å²) in [6.07, 6.45) is 0.242. The second kappa shape index (κ2) is 7.96. The van der Waals surface area contributed by atoms with E-state index in [0.717, 1.165) is 5.56 Å². The van der Waals surface area contributed by atoms with E-state index in [2.05, 4.69) is 6.58 Å². The molecule has 0 spiro atoms. The van der Waals surface area contributed by atoms with Crippen molar-refractivity contribution in [3.63, 3.8) is 0 Å². The molecule has 6 heteroatoms. The summed E-state index contributed by atoms with van der Waals surface area (Å²) >= 11 is 0. The molecule has 1 unspecified atom stereocenters. The van der Waals surface area contributed by atoms with E-state index in [0.29, 0.717) is 22.9 Å². The van der Waals surface area contributed by atoms with Crippen molar-refractivity contribution in [1.29, 1.82) is 0 Å². The van der Waals surface area contributed by atoms with E-state index in [-0.39, 0.29) is 29.9 Å². The predicted molar refractivity (Wildman–Crippen MR) is 79.7 cm³/mol. The molecule has 5 nitrogen and oxygen atoms in total. The molecule has 22 heavy (non-hydrogen) atoms. The number of esters is 1. The number of nitrogens with zero attached hydrogens (tertiary/aromatic N) is 1. The molecule has 0 aliphatic carbocycles. The highest BCUT2D eigenvalue weighted by Crippen LogP contribution is 2.21. The average Bonchev–Trinajstić information content (AvgIpc) is 2.40. The lowest BCUT2D eigenvalue weighted by Crippen LogP contribution is -3.00. The van der Waals surface area contributed by atoms with Crippen LogP contribution in [0.15, 0.2) is 30.4 Å². The van der Waals surface area contributed by atoms with E-state index in [4.69, 9.17) is 4.74 Å². The van der Waals surface area contributed by atoms with Gasteiger partial charge in [-0.1, -0.05) is 6.58 Å². The molecule has 1 atom stereocenters. The monoisotopic (exact) mass is 327 g/mol. The summed E-state index contributed by atoms with van der Waals surface area (Å²) in [5.74, 6) is -0.464. The van der Waals surface area contributed by atoms with Crippen LogP contribution in [-0.2, 0) is 16.1 Å². The highest BCUT2D eigenvalue weighted by Gasteiger charge is 2.28. The fraction of sp³-hybridized carbons (Fsp3) is 0.375. The number of aldehydes is 1. The van der Waals surface area contributed by atoms with Gasteiger partial charge in [0.25, 0.3) is 0 Å². The Kier molecular flexibility index (Phi) is 7.29. The largest absolute Gasteiger partial charge is 1.00 e. The standard InChI is InChI=1S/C16H21NO4.ClH/c1-11(2)16(20)21-12(3)17(4,5)9-13-6-7-15(19)14(8-13)10-18;/h6-8,10,12H,1,9H2,2-5H3;1H. The van der Waals surface area contributed by atoms with Gasteiger partial charge in [0.2, 0.25) is 6.23 Å². The Morgan fingerprint density at radius 1 is 1.45 bits per heavy atom. The van der Waals surface area contributed by atoms with Gasteiger partial charge in [0.1, 0.15) is 12.3 Å². The van der Waals surface area contributed by atoms with Crippen LogP contribution in [0.5, 0.6) is 5.75 Å². The molecule has 0 heterocycles. The van der Waals surface area contributed by atoms with Gasteiger partial charge in [0, 0.05) is 18.1 Å². The minimum Gasteiger partial charge on any atom is -1.00 e. The van der Waals surface area contributed by atoms with E-state index in [1.54, 1.807) is 19.1 Å². The first-order chi connectivity index (χ1) is 9.67. The minimum absolute atomic E-state index is 0. The molecule has 0 bridgehead atoms. The van der Waals surface area contributed by atoms with Gasteiger partial charge in [-0.05, 0) is 25.1 Å². The van der Waals surface area contributed by atoms with E-state index < -0.39 is 5.97 Å². The Morgan fingerprint density at radius 3 is 2.55 bits per heavy atom. The van der Waals surface area contributed by atoms with Crippen LogP contribution in [0.4, 0.5) is 0 Å². The molecule has 0 saturated heterocycles. The van der Waals surface area contributed by atoms with Gasteiger partial charge in [0.05, 0.1) is 19.7 Å². The van der Waals surface area contributed by atoms with Gasteiger partial charge in [-0.3, -0.25) is 9.28 Å². The highest BCUT2D eigenvalue weighted by atomic mass is 35.5. The average molecular weight is 328 g/mol. The lowest BCUT2D eigenvalue weighted by Gasteiger charge is -2.35. The molecule has 1 rings (SSSR count). The molecule has 0 saturated carbocycles. The third-order valence-electron chi connectivity index (χ3n) is 3.42. The SMILES string of the molecule is C=C(C)C(=O)OC(C)[N+](C)(C)Cc1ccc(O)c(C=O)c1.[Cl-]. The first kappa shape index (κ1) is 20.1. The molecule has 0 amide bonds. The zero-order chi connectivity index (χ0) is 16.2. The van der Waals surface area contributed by atoms with Crippen LogP contribution in [-0.4, -0.2) is 42.2 Å². The Balaban J connectivity index is 0.00000441. The van der Waals surface area contributed by atoms with Crippen molar-refractivity contribution in [1.82, 2.24) is 0 Å². The molecule has 0 fully saturated rings.